The van der Waals surface area contributed by atoms with E-state index >= 15 is 0 Å². The molecule has 1 aliphatic carbocycles. The van der Waals surface area contributed by atoms with Gasteiger partial charge < -0.3 is 10.6 Å². The molecule has 1 aliphatic heterocycles. The van der Waals surface area contributed by atoms with Crippen LogP contribution in [0.5, 0.6) is 0 Å². The summed E-state index contributed by atoms with van der Waals surface area (Å²) >= 11 is 0. The first-order valence-corrected chi connectivity index (χ1v) is 6.52. The van der Waals surface area contributed by atoms with E-state index in [0.29, 0.717) is 5.92 Å². The maximum atomic E-state index is 13.7. The molecular weight excluding hydrogens is 248 g/mol. The Bertz CT molecular complexity index is 257. The summed E-state index contributed by atoms with van der Waals surface area (Å²) in [5.41, 5.74) is 0. The zero-order valence-corrected chi connectivity index (χ0v) is 10.4. The van der Waals surface area contributed by atoms with Crippen LogP contribution in [0.15, 0.2) is 0 Å². The van der Waals surface area contributed by atoms with Crippen molar-refractivity contribution >= 4 is 0 Å². The second-order valence-corrected chi connectivity index (χ2v) is 5.57. The van der Waals surface area contributed by atoms with E-state index in [9.17, 15) is 17.6 Å². The van der Waals surface area contributed by atoms with Gasteiger partial charge in [-0.1, -0.05) is 6.92 Å². The molecule has 2 nitrogen and oxygen atoms in total. The standard InChI is InChI=1S/C12H20F4N2/c1-6-4-17-12(18-5-6)7-2-8(13)10(11(15)16)9(14)3-7/h6-12,17-18H,2-5H2,1H3. The first-order chi connectivity index (χ1) is 8.49. The number of hydrogen-bond donors (Lipinski definition) is 2. The van der Waals surface area contributed by atoms with Crippen LogP contribution in [0.2, 0.25) is 0 Å². The molecule has 1 saturated heterocycles. The van der Waals surface area contributed by atoms with E-state index in [1.165, 1.54) is 0 Å². The van der Waals surface area contributed by atoms with Gasteiger partial charge in [-0.25, -0.2) is 17.6 Å². The molecule has 106 valence electrons. The molecule has 0 amide bonds. The minimum atomic E-state index is -2.91. The highest BCUT2D eigenvalue weighted by Gasteiger charge is 2.45. The molecule has 2 rings (SSSR count). The molecule has 0 aromatic heterocycles. The Balaban J connectivity index is 1.93. The molecule has 1 saturated carbocycles. The zero-order valence-electron chi connectivity index (χ0n) is 10.4. The van der Waals surface area contributed by atoms with E-state index in [1.54, 1.807) is 0 Å². The Hall–Kier alpha value is -0.360. The van der Waals surface area contributed by atoms with Crippen LogP contribution < -0.4 is 10.6 Å². The van der Waals surface area contributed by atoms with E-state index in [0.717, 1.165) is 13.1 Å². The maximum Gasteiger partial charge on any atom is 0.247 e. The van der Waals surface area contributed by atoms with Crippen molar-refractivity contribution in [2.24, 2.45) is 17.8 Å². The van der Waals surface area contributed by atoms with Crippen molar-refractivity contribution in [3.8, 4) is 0 Å². The predicted molar refractivity (Wildman–Crippen MR) is 61.0 cm³/mol. The largest absolute Gasteiger partial charge is 0.301 e. The van der Waals surface area contributed by atoms with Gasteiger partial charge in [0.25, 0.3) is 0 Å². The molecule has 2 fully saturated rings. The fourth-order valence-electron chi connectivity index (χ4n) is 2.94. The average molecular weight is 268 g/mol. The number of halogens is 4. The minimum absolute atomic E-state index is 0.00841. The smallest absolute Gasteiger partial charge is 0.247 e. The maximum absolute atomic E-state index is 13.7. The lowest BCUT2D eigenvalue weighted by molar-refractivity contribution is -0.0604. The van der Waals surface area contributed by atoms with Crippen LogP contribution in [-0.2, 0) is 0 Å². The molecular formula is C12H20F4N2. The van der Waals surface area contributed by atoms with E-state index in [-0.39, 0.29) is 24.9 Å². The molecule has 6 heteroatoms. The fourth-order valence-corrected chi connectivity index (χ4v) is 2.94. The van der Waals surface area contributed by atoms with Crippen LogP contribution in [0.1, 0.15) is 19.8 Å². The molecule has 2 aliphatic rings. The van der Waals surface area contributed by atoms with Crippen LogP contribution in [0, 0.1) is 17.8 Å². The van der Waals surface area contributed by atoms with Crippen molar-refractivity contribution in [3.05, 3.63) is 0 Å². The Kier molecular flexibility index (Phi) is 4.48. The minimum Gasteiger partial charge on any atom is -0.301 e. The lowest BCUT2D eigenvalue weighted by Crippen LogP contribution is -2.58. The molecule has 0 bridgehead atoms. The number of hydrogen-bond acceptors (Lipinski definition) is 2. The normalized spacial score (nSPS) is 46.3. The van der Waals surface area contributed by atoms with Crippen LogP contribution >= 0.6 is 0 Å². The van der Waals surface area contributed by atoms with E-state index in [1.807, 2.05) is 0 Å². The SMILES string of the molecule is CC1CNC(C2CC(F)C(C(F)F)C(F)C2)NC1. The Morgan fingerprint density at radius 1 is 1.00 bits per heavy atom. The van der Waals surface area contributed by atoms with Gasteiger partial charge in [0.15, 0.2) is 0 Å². The Morgan fingerprint density at radius 2 is 1.50 bits per heavy atom. The number of nitrogens with one attached hydrogen (secondary N) is 2. The summed E-state index contributed by atoms with van der Waals surface area (Å²) in [6, 6.07) is 0. The van der Waals surface area contributed by atoms with E-state index < -0.39 is 24.7 Å². The fraction of sp³-hybridized carbons (Fsp3) is 1.00. The molecule has 2 N–H and O–H groups in total. The van der Waals surface area contributed by atoms with Gasteiger partial charge >= 0.3 is 0 Å². The second kappa shape index (κ2) is 5.74. The van der Waals surface area contributed by atoms with Crippen molar-refractivity contribution in [1.29, 1.82) is 0 Å². The van der Waals surface area contributed by atoms with Gasteiger partial charge in [0.05, 0.1) is 12.1 Å². The summed E-state index contributed by atoms with van der Waals surface area (Å²) < 4.78 is 52.4. The summed E-state index contributed by atoms with van der Waals surface area (Å²) in [5.74, 6) is -1.53. The van der Waals surface area contributed by atoms with Crippen molar-refractivity contribution < 1.29 is 17.6 Å². The molecule has 0 aromatic rings. The second-order valence-electron chi connectivity index (χ2n) is 5.57. The van der Waals surface area contributed by atoms with Crippen molar-refractivity contribution in [1.82, 2.24) is 10.6 Å². The molecule has 2 atom stereocenters. The number of alkyl halides is 4. The molecule has 1 heterocycles. The van der Waals surface area contributed by atoms with Gasteiger partial charge in [0.1, 0.15) is 12.3 Å². The summed E-state index contributed by atoms with van der Waals surface area (Å²) in [6.07, 6.45) is -6.55. The molecule has 18 heavy (non-hydrogen) atoms. The molecule has 0 aromatic carbocycles. The Labute approximate surface area is 105 Å². The highest BCUT2D eigenvalue weighted by Crippen LogP contribution is 2.38. The van der Waals surface area contributed by atoms with E-state index in [4.69, 9.17) is 0 Å². The van der Waals surface area contributed by atoms with Gasteiger partial charge in [-0.05, 0) is 24.7 Å². The summed E-state index contributed by atoms with van der Waals surface area (Å²) in [7, 11) is 0. The quantitative estimate of drug-likeness (QED) is 0.750. The first kappa shape index (κ1) is 14.1. The van der Waals surface area contributed by atoms with Crippen molar-refractivity contribution in [3.63, 3.8) is 0 Å². The van der Waals surface area contributed by atoms with Gasteiger partial charge in [0.2, 0.25) is 6.43 Å². The first-order valence-electron chi connectivity index (χ1n) is 6.52. The lowest BCUT2D eigenvalue weighted by atomic mass is 9.77. The predicted octanol–water partition coefficient (Wildman–Crippen LogP) is 2.11. The molecule has 0 radical (unpaired) electrons. The third-order valence-electron chi connectivity index (χ3n) is 4.03. The van der Waals surface area contributed by atoms with Gasteiger partial charge in [0, 0.05) is 13.1 Å². The van der Waals surface area contributed by atoms with Gasteiger partial charge in [-0.2, -0.15) is 0 Å². The highest BCUT2D eigenvalue weighted by atomic mass is 19.3. The number of rotatable bonds is 2. The third kappa shape index (κ3) is 2.96. The van der Waals surface area contributed by atoms with Crippen LogP contribution in [-0.4, -0.2) is 38.0 Å². The topological polar surface area (TPSA) is 24.1 Å². The van der Waals surface area contributed by atoms with Gasteiger partial charge in [-0.3, -0.25) is 0 Å². The van der Waals surface area contributed by atoms with Gasteiger partial charge in [-0.15, -0.1) is 0 Å². The van der Waals surface area contributed by atoms with Crippen molar-refractivity contribution in [2.45, 2.75) is 44.7 Å². The Morgan fingerprint density at radius 3 is 1.94 bits per heavy atom. The van der Waals surface area contributed by atoms with Crippen LogP contribution in [0.4, 0.5) is 17.6 Å². The summed E-state index contributed by atoms with van der Waals surface area (Å²) in [5, 5.41) is 6.38. The monoisotopic (exact) mass is 268 g/mol. The summed E-state index contributed by atoms with van der Waals surface area (Å²) in [6.45, 7) is 3.65. The van der Waals surface area contributed by atoms with Crippen LogP contribution in [0.25, 0.3) is 0 Å². The zero-order chi connectivity index (χ0) is 13.3. The lowest BCUT2D eigenvalue weighted by Gasteiger charge is -2.41. The van der Waals surface area contributed by atoms with E-state index in [2.05, 4.69) is 17.6 Å². The van der Waals surface area contributed by atoms with Crippen LogP contribution in [0.3, 0.4) is 0 Å². The third-order valence-corrected chi connectivity index (χ3v) is 4.03. The average Bonchev–Trinajstić information content (AvgIpc) is 2.28. The molecule has 2 unspecified atom stereocenters. The summed E-state index contributed by atoms with van der Waals surface area (Å²) in [4.78, 5) is 0. The highest BCUT2D eigenvalue weighted by molar-refractivity contribution is 4.93. The van der Waals surface area contributed by atoms with Crippen molar-refractivity contribution in [2.75, 3.05) is 13.1 Å². The molecule has 0 spiro atoms.